The molecule has 3 heterocycles. The van der Waals surface area contributed by atoms with Gasteiger partial charge in [0, 0.05) is 11.7 Å². The van der Waals surface area contributed by atoms with Crippen molar-refractivity contribution in [3.05, 3.63) is 42.4 Å². The molecule has 0 radical (unpaired) electrons. The lowest BCUT2D eigenvalue weighted by atomic mass is 9.80. The third-order valence-corrected chi connectivity index (χ3v) is 4.69. The van der Waals surface area contributed by atoms with E-state index in [1.54, 1.807) is 19.5 Å². The summed E-state index contributed by atoms with van der Waals surface area (Å²) in [6, 6.07) is 7.42. The van der Waals surface area contributed by atoms with Crippen LogP contribution in [0.3, 0.4) is 0 Å². The lowest BCUT2D eigenvalue weighted by molar-refractivity contribution is 0.00578. The molecule has 7 heteroatoms. The van der Waals surface area contributed by atoms with Crippen LogP contribution >= 0.6 is 0 Å². The third-order valence-electron chi connectivity index (χ3n) is 4.69. The van der Waals surface area contributed by atoms with Crippen LogP contribution in [0.1, 0.15) is 33.4 Å². The molecule has 2 aromatic heterocycles. The molecule has 0 spiro atoms. The lowest BCUT2D eigenvalue weighted by Gasteiger charge is -2.32. The van der Waals surface area contributed by atoms with Gasteiger partial charge in [-0.3, -0.25) is 4.98 Å². The van der Waals surface area contributed by atoms with Crippen molar-refractivity contribution in [2.75, 3.05) is 7.11 Å². The molecule has 1 saturated heterocycles. The summed E-state index contributed by atoms with van der Waals surface area (Å²) in [5.74, 6) is 1.24. The Hall–Kier alpha value is -2.12. The Kier molecular flexibility index (Phi) is 4.71. The molecule has 0 saturated carbocycles. The number of pyridine rings is 2. The largest absolute Gasteiger partial charge is 0.496 e. The van der Waals surface area contributed by atoms with Crippen molar-refractivity contribution in [2.24, 2.45) is 0 Å². The highest BCUT2D eigenvalue weighted by Crippen LogP contribution is 2.36. The summed E-state index contributed by atoms with van der Waals surface area (Å²) in [6.45, 7) is 8.45. The maximum Gasteiger partial charge on any atom is 0.496 e. The van der Waals surface area contributed by atoms with Crippen molar-refractivity contribution in [1.29, 1.82) is 0 Å². The van der Waals surface area contributed by atoms with Crippen molar-refractivity contribution >= 4 is 12.6 Å². The first-order chi connectivity index (χ1) is 11.8. The Balaban J connectivity index is 1.61. The zero-order valence-corrected chi connectivity index (χ0v) is 15.3. The second-order valence-electron chi connectivity index (χ2n) is 7.00. The van der Waals surface area contributed by atoms with Gasteiger partial charge in [-0.1, -0.05) is 6.07 Å². The number of methoxy groups -OCH3 is 1. The van der Waals surface area contributed by atoms with Gasteiger partial charge < -0.3 is 18.8 Å². The van der Waals surface area contributed by atoms with Gasteiger partial charge in [0.05, 0.1) is 30.2 Å². The number of hydrogen-bond acceptors (Lipinski definition) is 6. The predicted octanol–water partition coefficient (Wildman–Crippen LogP) is 2.36. The van der Waals surface area contributed by atoms with Gasteiger partial charge in [0.25, 0.3) is 0 Å². The number of nitrogens with zero attached hydrogens (tertiary/aromatic N) is 2. The van der Waals surface area contributed by atoms with E-state index in [0.717, 1.165) is 11.2 Å². The fourth-order valence-corrected chi connectivity index (χ4v) is 2.36. The molecule has 0 N–H and O–H groups in total. The van der Waals surface area contributed by atoms with E-state index >= 15 is 0 Å². The Morgan fingerprint density at radius 3 is 2.20 bits per heavy atom. The maximum absolute atomic E-state index is 6.02. The van der Waals surface area contributed by atoms with Crippen molar-refractivity contribution in [3.8, 4) is 11.6 Å². The molecular formula is C18H23BN2O4. The van der Waals surface area contributed by atoms with Gasteiger partial charge in [-0.2, -0.15) is 0 Å². The number of aromatic nitrogens is 2. The average molecular weight is 342 g/mol. The first kappa shape index (κ1) is 17.7. The quantitative estimate of drug-likeness (QED) is 0.778. The Morgan fingerprint density at radius 2 is 1.68 bits per heavy atom. The molecule has 0 unspecified atom stereocenters. The molecule has 1 aliphatic heterocycles. The monoisotopic (exact) mass is 342 g/mol. The molecule has 0 aromatic carbocycles. The molecule has 1 fully saturated rings. The molecule has 0 bridgehead atoms. The number of hydrogen-bond donors (Lipinski definition) is 0. The van der Waals surface area contributed by atoms with Crippen LogP contribution in [0.15, 0.2) is 36.7 Å². The first-order valence-electron chi connectivity index (χ1n) is 8.24. The van der Waals surface area contributed by atoms with Crippen LogP contribution in [0, 0.1) is 0 Å². The van der Waals surface area contributed by atoms with Gasteiger partial charge in [-0.25, -0.2) is 4.98 Å². The second-order valence-corrected chi connectivity index (χ2v) is 7.00. The highest BCUT2D eigenvalue weighted by Gasteiger charge is 2.51. The van der Waals surface area contributed by atoms with Crippen molar-refractivity contribution in [3.63, 3.8) is 0 Å². The van der Waals surface area contributed by atoms with Gasteiger partial charge in [-0.15, -0.1) is 0 Å². The summed E-state index contributed by atoms with van der Waals surface area (Å²) in [5.41, 5.74) is 0.936. The van der Waals surface area contributed by atoms with Crippen LogP contribution in [-0.2, 0) is 15.9 Å². The van der Waals surface area contributed by atoms with E-state index in [1.807, 2.05) is 52.0 Å². The Bertz CT molecular complexity index is 701. The van der Waals surface area contributed by atoms with Crippen LogP contribution in [0.25, 0.3) is 0 Å². The van der Waals surface area contributed by atoms with Crippen LogP contribution < -0.4 is 14.9 Å². The molecule has 1 aliphatic rings. The fraction of sp³-hybridized carbons (Fsp3) is 0.444. The average Bonchev–Trinajstić information content (AvgIpc) is 2.82. The smallest absolute Gasteiger partial charge is 0.495 e. The van der Waals surface area contributed by atoms with Crippen LogP contribution in [0.4, 0.5) is 0 Å². The van der Waals surface area contributed by atoms with Crippen molar-refractivity contribution in [1.82, 2.24) is 9.97 Å². The SMILES string of the molecule is COc1ccc(COc2ccc(B3OC(C)(C)C(C)(C)O3)cn2)nc1. The van der Waals surface area contributed by atoms with Crippen LogP contribution in [0.5, 0.6) is 11.6 Å². The zero-order chi connectivity index (χ0) is 18.1. The van der Waals surface area contributed by atoms with E-state index < -0.39 is 7.12 Å². The summed E-state index contributed by atoms with van der Waals surface area (Å²) in [6.07, 6.45) is 3.38. The molecule has 2 aromatic rings. The van der Waals surface area contributed by atoms with E-state index in [2.05, 4.69) is 9.97 Å². The van der Waals surface area contributed by atoms with Gasteiger partial charge >= 0.3 is 7.12 Å². The summed E-state index contributed by atoms with van der Waals surface area (Å²) in [5, 5.41) is 0. The minimum atomic E-state index is -0.421. The van der Waals surface area contributed by atoms with Gasteiger partial charge in [0.1, 0.15) is 12.4 Å². The zero-order valence-electron chi connectivity index (χ0n) is 15.3. The summed E-state index contributed by atoms with van der Waals surface area (Å²) in [7, 11) is 1.19. The minimum Gasteiger partial charge on any atom is -0.495 e. The van der Waals surface area contributed by atoms with Gasteiger partial charge in [0.15, 0.2) is 0 Å². The lowest BCUT2D eigenvalue weighted by Crippen LogP contribution is -2.41. The molecule has 0 aliphatic carbocycles. The number of rotatable bonds is 5. The predicted molar refractivity (Wildman–Crippen MR) is 95.1 cm³/mol. The highest BCUT2D eigenvalue weighted by molar-refractivity contribution is 6.62. The van der Waals surface area contributed by atoms with E-state index in [-0.39, 0.29) is 11.2 Å². The number of ether oxygens (including phenoxy) is 2. The molecule has 3 rings (SSSR count). The standard InChI is InChI=1S/C18H23BN2O4/c1-17(2)18(3,4)25-19(24-17)13-6-9-16(21-10-13)23-12-14-7-8-15(22-5)11-20-14/h6-11H,12H2,1-5H3. The van der Waals surface area contributed by atoms with Crippen LogP contribution in [-0.4, -0.2) is 35.4 Å². The summed E-state index contributed by atoms with van der Waals surface area (Å²) in [4.78, 5) is 8.59. The molecular weight excluding hydrogens is 319 g/mol. The van der Waals surface area contributed by atoms with Gasteiger partial charge in [-0.05, 0) is 45.9 Å². The fourth-order valence-electron chi connectivity index (χ4n) is 2.36. The van der Waals surface area contributed by atoms with E-state index in [4.69, 9.17) is 18.8 Å². The van der Waals surface area contributed by atoms with Crippen LogP contribution in [0.2, 0.25) is 0 Å². The molecule has 25 heavy (non-hydrogen) atoms. The first-order valence-corrected chi connectivity index (χ1v) is 8.24. The maximum atomic E-state index is 6.02. The van der Waals surface area contributed by atoms with Crippen molar-refractivity contribution < 1.29 is 18.8 Å². The molecule has 6 nitrogen and oxygen atoms in total. The van der Waals surface area contributed by atoms with E-state index in [1.165, 1.54) is 0 Å². The van der Waals surface area contributed by atoms with E-state index in [0.29, 0.717) is 18.2 Å². The Labute approximate surface area is 148 Å². The highest BCUT2D eigenvalue weighted by atomic mass is 16.7. The normalized spacial score (nSPS) is 18.2. The third kappa shape index (κ3) is 3.77. The molecule has 132 valence electrons. The van der Waals surface area contributed by atoms with Crippen molar-refractivity contribution in [2.45, 2.75) is 45.5 Å². The topological polar surface area (TPSA) is 62.7 Å². The summed E-state index contributed by atoms with van der Waals surface area (Å²) < 4.78 is 22.8. The van der Waals surface area contributed by atoms with E-state index in [9.17, 15) is 0 Å². The second kappa shape index (κ2) is 6.65. The summed E-state index contributed by atoms with van der Waals surface area (Å²) >= 11 is 0. The molecule has 0 atom stereocenters. The minimum absolute atomic E-state index is 0.340. The Morgan fingerprint density at radius 1 is 0.960 bits per heavy atom. The molecule has 0 amide bonds. The van der Waals surface area contributed by atoms with Gasteiger partial charge in [0.2, 0.25) is 5.88 Å².